The smallest absolute Gasteiger partial charge is 0.278 e. The number of carbonyl (C=O) groups excluding carboxylic acids is 1. The summed E-state index contributed by atoms with van der Waals surface area (Å²) in [5.41, 5.74) is 1.12. The van der Waals surface area contributed by atoms with Gasteiger partial charge in [-0.15, -0.1) is 0 Å². The Morgan fingerprint density at radius 1 is 1.23 bits per heavy atom. The van der Waals surface area contributed by atoms with Gasteiger partial charge in [-0.05, 0) is 42.7 Å². The van der Waals surface area contributed by atoms with E-state index in [1.54, 1.807) is 19.1 Å². The molecule has 5 nitrogen and oxygen atoms in total. The number of ketones is 1. The predicted octanol–water partition coefficient (Wildman–Crippen LogP) is 4.86. The van der Waals surface area contributed by atoms with Gasteiger partial charge in [-0.25, -0.2) is 13.8 Å². The first-order valence-electron chi connectivity index (χ1n) is 10.2. The fourth-order valence-corrected chi connectivity index (χ4v) is 3.50. The molecule has 0 spiro atoms. The number of benzene rings is 1. The SMILES string of the molecule is CC(=O)C[C@@H](C)c1ccc(OC2CCN(c3ccc(OCC(C)(F)F)cn3)C2)cc1. The molecule has 0 amide bonds. The molecule has 1 fully saturated rings. The van der Waals surface area contributed by atoms with Gasteiger partial charge in [0.15, 0.2) is 6.61 Å². The second-order valence-corrected chi connectivity index (χ2v) is 8.06. The zero-order chi connectivity index (χ0) is 21.7. The van der Waals surface area contributed by atoms with Crippen LogP contribution in [0.3, 0.4) is 0 Å². The van der Waals surface area contributed by atoms with Crippen molar-refractivity contribution in [3.05, 3.63) is 48.2 Å². The van der Waals surface area contributed by atoms with E-state index in [1.165, 1.54) is 6.20 Å². The molecule has 1 aliphatic heterocycles. The molecule has 0 N–H and O–H groups in total. The maximum Gasteiger partial charge on any atom is 0.278 e. The molecule has 2 heterocycles. The highest BCUT2D eigenvalue weighted by atomic mass is 19.3. The molecule has 30 heavy (non-hydrogen) atoms. The molecular weight excluding hydrogens is 390 g/mol. The largest absolute Gasteiger partial charge is 0.489 e. The molecule has 0 radical (unpaired) electrons. The summed E-state index contributed by atoms with van der Waals surface area (Å²) in [5.74, 6) is -0.596. The lowest BCUT2D eigenvalue weighted by atomic mass is 9.96. The van der Waals surface area contributed by atoms with Crippen molar-refractivity contribution < 1.29 is 23.0 Å². The number of hydrogen-bond acceptors (Lipinski definition) is 5. The highest BCUT2D eigenvalue weighted by Gasteiger charge is 2.26. The van der Waals surface area contributed by atoms with E-state index < -0.39 is 12.5 Å². The summed E-state index contributed by atoms with van der Waals surface area (Å²) in [6, 6.07) is 11.3. The molecule has 1 aromatic carbocycles. The van der Waals surface area contributed by atoms with Gasteiger partial charge in [0.2, 0.25) is 0 Å². The van der Waals surface area contributed by atoms with Gasteiger partial charge in [0.25, 0.3) is 5.92 Å². The third-order valence-corrected chi connectivity index (χ3v) is 5.03. The molecule has 0 bridgehead atoms. The highest BCUT2D eigenvalue weighted by Crippen LogP contribution is 2.26. The average molecular weight is 418 g/mol. The lowest BCUT2D eigenvalue weighted by Gasteiger charge is -2.19. The number of alkyl halides is 2. The Kier molecular flexibility index (Phi) is 6.90. The van der Waals surface area contributed by atoms with Crippen LogP contribution in [-0.4, -0.2) is 42.5 Å². The van der Waals surface area contributed by atoms with E-state index >= 15 is 0 Å². The Bertz CT molecular complexity index is 835. The van der Waals surface area contributed by atoms with Gasteiger partial charge >= 0.3 is 0 Å². The Morgan fingerprint density at radius 2 is 1.93 bits per heavy atom. The molecule has 7 heteroatoms. The van der Waals surface area contributed by atoms with E-state index in [-0.39, 0.29) is 17.8 Å². The molecule has 162 valence electrons. The maximum absolute atomic E-state index is 12.9. The first kappa shape index (κ1) is 22.0. The topological polar surface area (TPSA) is 51.7 Å². The first-order valence-corrected chi connectivity index (χ1v) is 10.2. The van der Waals surface area contributed by atoms with Crippen molar-refractivity contribution >= 4 is 11.6 Å². The van der Waals surface area contributed by atoms with Crippen molar-refractivity contribution in [2.45, 2.75) is 51.6 Å². The summed E-state index contributed by atoms with van der Waals surface area (Å²) < 4.78 is 36.9. The molecule has 2 atom stereocenters. The van der Waals surface area contributed by atoms with Crippen molar-refractivity contribution in [3.8, 4) is 11.5 Å². The van der Waals surface area contributed by atoms with E-state index in [2.05, 4.69) is 9.88 Å². The van der Waals surface area contributed by atoms with Crippen molar-refractivity contribution in [1.82, 2.24) is 4.98 Å². The van der Waals surface area contributed by atoms with Gasteiger partial charge in [0.1, 0.15) is 29.2 Å². The van der Waals surface area contributed by atoms with Crippen molar-refractivity contribution in [3.63, 3.8) is 0 Å². The Hall–Kier alpha value is -2.70. The normalized spacial score (nSPS) is 17.6. The number of anilines is 1. The van der Waals surface area contributed by atoms with Crippen LogP contribution in [0, 0.1) is 0 Å². The van der Waals surface area contributed by atoms with Gasteiger partial charge in [-0.2, -0.15) is 0 Å². The molecule has 1 aromatic heterocycles. The standard InChI is InChI=1S/C23H28F2N2O3/c1-16(12-17(2)28)18-4-6-19(7-5-18)30-21-10-11-27(14-21)22-9-8-20(13-26-22)29-15-23(3,24)25/h4-9,13,16,21H,10-12,14-15H2,1-3H3/t16-,21?/m1/s1. The van der Waals surface area contributed by atoms with E-state index in [0.29, 0.717) is 18.7 Å². The van der Waals surface area contributed by atoms with Crippen LogP contribution in [0.2, 0.25) is 0 Å². The summed E-state index contributed by atoms with van der Waals surface area (Å²) in [4.78, 5) is 17.7. The van der Waals surface area contributed by atoms with Crippen LogP contribution in [0.1, 0.15) is 45.1 Å². The minimum atomic E-state index is -2.87. The van der Waals surface area contributed by atoms with E-state index in [1.807, 2.05) is 31.2 Å². The second-order valence-electron chi connectivity index (χ2n) is 8.06. The van der Waals surface area contributed by atoms with E-state index in [9.17, 15) is 13.6 Å². The van der Waals surface area contributed by atoms with Crippen LogP contribution in [0.4, 0.5) is 14.6 Å². The quantitative estimate of drug-likeness (QED) is 0.582. The molecule has 1 aliphatic rings. The Balaban J connectivity index is 1.51. The van der Waals surface area contributed by atoms with Gasteiger partial charge in [0.05, 0.1) is 12.7 Å². The molecule has 1 saturated heterocycles. The molecule has 3 rings (SSSR count). The van der Waals surface area contributed by atoms with Crippen molar-refractivity contribution in [1.29, 1.82) is 0 Å². The Labute approximate surface area is 176 Å². The lowest BCUT2D eigenvalue weighted by molar-refractivity contribution is -0.117. The molecule has 0 saturated carbocycles. The van der Waals surface area contributed by atoms with Crippen molar-refractivity contribution in [2.75, 3.05) is 24.6 Å². The molecule has 1 unspecified atom stereocenters. The highest BCUT2D eigenvalue weighted by molar-refractivity contribution is 5.76. The van der Waals surface area contributed by atoms with Crippen LogP contribution in [0.15, 0.2) is 42.6 Å². The van der Waals surface area contributed by atoms with Crippen molar-refractivity contribution in [2.24, 2.45) is 0 Å². The number of hydrogen-bond donors (Lipinski definition) is 0. The summed E-state index contributed by atoms with van der Waals surface area (Å²) in [6.45, 7) is 5.31. The van der Waals surface area contributed by atoms with E-state index in [4.69, 9.17) is 9.47 Å². The first-order chi connectivity index (χ1) is 14.2. The fraction of sp³-hybridized carbons (Fsp3) is 0.478. The number of rotatable bonds is 9. The summed E-state index contributed by atoms with van der Waals surface area (Å²) in [5, 5.41) is 0. The number of nitrogens with zero attached hydrogens (tertiary/aromatic N) is 2. The van der Waals surface area contributed by atoms with Crippen LogP contribution >= 0.6 is 0 Å². The minimum Gasteiger partial charge on any atom is -0.489 e. The zero-order valence-corrected chi connectivity index (χ0v) is 17.6. The minimum absolute atomic E-state index is 0.0435. The third kappa shape index (κ3) is 6.40. The second kappa shape index (κ2) is 9.41. The van der Waals surface area contributed by atoms with Crippen LogP contribution in [-0.2, 0) is 4.79 Å². The van der Waals surface area contributed by atoms with Crippen LogP contribution < -0.4 is 14.4 Å². The molecular formula is C23H28F2N2O3. The summed E-state index contributed by atoms with van der Waals surface area (Å²) >= 11 is 0. The van der Waals surface area contributed by atoms with Gasteiger partial charge in [0, 0.05) is 26.3 Å². The maximum atomic E-state index is 12.9. The summed E-state index contributed by atoms with van der Waals surface area (Å²) in [7, 11) is 0. The summed E-state index contributed by atoms with van der Waals surface area (Å²) in [6.07, 6.45) is 2.91. The molecule has 0 aliphatic carbocycles. The fourth-order valence-electron chi connectivity index (χ4n) is 3.50. The number of Topliss-reactive ketones (excluding diaryl/α,β-unsaturated/α-hetero) is 1. The van der Waals surface area contributed by atoms with Crippen LogP contribution in [0.25, 0.3) is 0 Å². The lowest BCUT2D eigenvalue weighted by Crippen LogP contribution is -2.25. The number of carbonyl (C=O) groups is 1. The zero-order valence-electron chi connectivity index (χ0n) is 17.6. The number of halogens is 2. The molecule has 2 aromatic rings. The number of ether oxygens (including phenoxy) is 2. The number of aromatic nitrogens is 1. The average Bonchev–Trinajstić information content (AvgIpc) is 3.15. The van der Waals surface area contributed by atoms with Gasteiger partial charge < -0.3 is 19.2 Å². The third-order valence-electron chi connectivity index (χ3n) is 5.03. The van der Waals surface area contributed by atoms with Gasteiger partial charge in [-0.1, -0.05) is 19.1 Å². The van der Waals surface area contributed by atoms with E-state index in [0.717, 1.165) is 37.0 Å². The number of pyridine rings is 1. The van der Waals surface area contributed by atoms with Crippen LogP contribution in [0.5, 0.6) is 11.5 Å². The Morgan fingerprint density at radius 3 is 2.53 bits per heavy atom. The monoisotopic (exact) mass is 418 g/mol. The van der Waals surface area contributed by atoms with Gasteiger partial charge in [-0.3, -0.25) is 0 Å². The predicted molar refractivity (Wildman–Crippen MR) is 112 cm³/mol.